The molecule has 58 heavy (non-hydrogen) atoms. The lowest BCUT2D eigenvalue weighted by Gasteiger charge is -2.28. The number of anilines is 3. The Kier molecular flexibility index (Phi) is 7.40. The van der Waals surface area contributed by atoms with E-state index >= 15 is 0 Å². The Hall–Kier alpha value is -7.40. The molecular weight excluding hydrogens is 725 g/mol. The number of benzene rings is 9. The van der Waals surface area contributed by atoms with Crippen LogP contribution in [0.3, 0.4) is 0 Å². The Labute approximate surface area is 338 Å². The molecule has 4 heteroatoms. The lowest BCUT2D eigenvalue weighted by molar-refractivity contribution is 0.669. The van der Waals surface area contributed by atoms with E-state index in [1.165, 1.54) is 53.2 Å². The van der Waals surface area contributed by atoms with Crippen molar-refractivity contribution in [2.45, 2.75) is 0 Å². The zero-order chi connectivity index (χ0) is 38.2. The molecule has 0 saturated heterocycles. The molecule has 0 fully saturated rings. The lowest BCUT2D eigenvalue weighted by Crippen LogP contribution is -2.11. The van der Waals surface area contributed by atoms with Gasteiger partial charge in [0.2, 0.25) is 0 Å². The van der Waals surface area contributed by atoms with E-state index in [1.807, 2.05) is 11.3 Å². The zero-order valence-corrected chi connectivity index (χ0v) is 32.2. The van der Waals surface area contributed by atoms with Crippen molar-refractivity contribution >= 4 is 92.3 Å². The van der Waals surface area contributed by atoms with E-state index in [9.17, 15) is 0 Å². The lowest BCUT2D eigenvalue weighted by atomic mass is 9.99. The summed E-state index contributed by atoms with van der Waals surface area (Å²) in [5.74, 6) is 0. The van der Waals surface area contributed by atoms with Crippen LogP contribution in [-0.4, -0.2) is 4.57 Å². The maximum Gasteiger partial charge on any atom is 0.137 e. The summed E-state index contributed by atoms with van der Waals surface area (Å²) >= 11 is 1.87. The highest BCUT2D eigenvalue weighted by molar-refractivity contribution is 7.26. The molecule has 0 spiro atoms. The first-order chi connectivity index (χ1) is 28.8. The largest absolute Gasteiger partial charge is 0.456 e. The number of furan rings is 1. The minimum absolute atomic E-state index is 0.855. The molecule has 0 atom stereocenters. The van der Waals surface area contributed by atoms with Crippen LogP contribution in [0.15, 0.2) is 211 Å². The van der Waals surface area contributed by atoms with Gasteiger partial charge in [-0.05, 0) is 89.0 Å². The highest BCUT2D eigenvalue weighted by Crippen LogP contribution is 2.51. The third-order valence-corrected chi connectivity index (χ3v) is 12.8. The summed E-state index contributed by atoms with van der Waals surface area (Å²) in [4.78, 5) is 2.47. The summed E-state index contributed by atoms with van der Waals surface area (Å²) < 4.78 is 11.7. The number of hydrogen-bond acceptors (Lipinski definition) is 3. The van der Waals surface area contributed by atoms with Crippen molar-refractivity contribution in [2.75, 3.05) is 4.90 Å². The van der Waals surface area contributed by atoms with Crippen LogP contribution < -0.4 is 4.90 Å². The molecule has 0 aliphatic heterocycles. The van der Waals surface area contributed by atoms with E-state index in [-0.39, 0.29) is 0 Å². The van der Waals surface area contributed by atoms with Gasteiger partial charge in [-0.2, -0.15) is 0 Å². The van der Waals surface area contributed by atoms with E-state index in [0.717, 1.165) is 55.8 Å². The van der Waals surface area contributed by atoms with E-state index in [1.54, 1.807) is 0 Å². The molecule has 3 heterocycles. The van der Waals surface area contributed by atoms with Gasteiger partial charge in [-0.3, -0.25) is 0 Å². The van der Waals surface area contributed by atoms with E-state index in [2.05, 4.69) is 216 Å². The van der Waals surface area contributed by atoms with Gasteiger partial charge in [0.25, 0.3) is 0 Å². The number of thiophene rings is 1. The number of para-hydroxylation sites is 2. The SMILES string of the molecule is c1ccc(-c2ccc3c(c2)oc2cc(N(c4ccc(-c5ccccc5)c5sc6ccccc6c45)c4cccc5c4c4ccccc4n5-c4ccccc4)ccc23)cc1. The van der Waals surface area contributed by atoms with Crippen LogP contribution in [0, 0.1) is 0 Å². The first kappa shape index (κ1) is 32.8. The average molecular weight is 759 g/mol. The van der Waals surface area contributed by atoms with Crippen LogP contribution in [-0.2, 0) is 0 Å². The van der Waals surface area contributed by atoms with E-state index in [0.29, 0.717) is 0 Å². The molecule has 0 aliphatic rings. The third kappa shape index (κ3) is 5.05. The predicted octanol–water partition coefficient (Wildman–Crippen LogP) is 15.9. The normalized spacial score (nSPS) is 11.8. The van der Waals surface area contributed by atoms with Gasteiger partial charge in [0.1, 0.15) is 11.2 Å². The molecule has 12 aromatic rings. The van der Waals surface area contributed by atoms with Crippen LogP contribution in [0.25, 0.3) is 91.9 Å². The Morgan fingerprint density at radius 1 is 0.414 bits per heavy atom. The summed E-state index contributed by atoms with van der Waals surface area (Å²) in [6.07, 6.45) is 0. The highest BCUT2D eigenvalue weighted by atomic mass is 32.1. The van der Waals surface area contributed by atoms with Crippen LogP contribution in [0.4, 0.5) is 17.1 Å². The molecule has 0 aliphatic carbocycles. The second-order valence-electron chi connectivity index (χ2n) is 14.9. The number of nitrogens with zero attached hydrogens (tertiary/aromatic N) is 2. The smallest absolute Gasteiger partial charge is 0.137 e. The van der Waals surface area contributed by atoms with Crippen molar-refractivity contribution in [1.82, 2.24) is 4.57 Å². The van der Waals surface area contributed by atoms with Crippen LogP contribution in [0.2, 0.25) is 0 Å². The van der Waals surface area contributed by atoms with Crippen molar-refractivity contribution in [1.29, 1.82) is 0 Å². The van der Waals surface area contributed by atoms with Gasteiger partial charge in [0.15, 0.2) is 0 Å². The maximum absolute atomic E-state index is 6.79. The first-order valence-electron chi connectivity index (χ1n) is 19.7. The number of rotatable bonds is 6. The van der Waals surface area contributed by atoms with Gasteiger partial charge in [-0.1, -0.05) is 133 Å². The van der Waals surface area contributed by atoms with Crippen molar-refractivity contribution in [3.63, 3.8) is 0 Å². The predicted molar refractivity (Wildman–Crippen MR) is 247 cm³/mol. The molecule has 0 bridgehead atoms. The summed E-state index contributed by atoms with van der Waals surface area (Å²) in [5.41, 5.74) is 13.2. The van der Waals surface area contributed by atoms with Crippen molar-refractivity contribution in [3.8, 4) is 27.9 Å². The fourth-order valence-corrected chi connectivity index (χ4v) is 10.3. The summed E-state index contributed by atoms with van der Waals surface area (Å²) in [6.45, 7) is 0. The highest BCUT2D eigenvalue weighted by Gasteiger charge is 2.25. The zero-order valence-electron chi connectivity index (χ0n) is 31.3. The maximum atomic E-state index is 6.79. The molecule has 9 aromatic carbocycles. The summed E-state index contributed by atoms with van der Waals surface area (Å²) in [5, 5.41) is 7.09. The molecule has 0 unspecified atom stereocenters. The Bertz CT molecular complexity index is 3500. The second-order valence-corrected chi connectivity index (χ2v) is 15.9. The number of aromatic nitrogens is 1. The van der Waals surface area contributed by atoms with Crippen molar-refractivity contribution < 1.29 is 4.42 Å². The first-order valence-corrected chi connectivity index (χ1v) is 20.5. The van der Waals surface area contributed by atoms with Crippen molar-refractivity contribution in [2.24, 2.45) is 0 Å². The minimum atomic E-state index is 0.855. The fraction of sp³-hybridized carbons (Fsp3) is 0. The van der Waals surface area contributed by atoms with Gasteiger partial charge in [-0.25, -0.2) is 0 Å². The summed E-state index contributed by atoms with van der Waals surface area (Å²) in [6, 6.07) is 74.3. The van der Waals surface area contributed by atoms with Crippen molar-refractivity contribution in [3.05, 3.63) is 206 Å². The molecular formula is C54H34N2OS. The third-order valence-electron chi connectivity index (χ3n) is 11.6. The van der Waals surface area contributed by atoms with Gasteiger partial charge < -0.3 is 13.9 Å². The minimum Gasteiger partial charge on any atom is -0.456 e. The Balaban J connectivity index is 1.17. The molecule has 0 saturated carbocycles. The van der Waals surface area contributed by atoms with Crippen LogP contribution in [0.1, 0.15) is 0 Å². The van der Waals surface area contributed by atoms with E-state index in [4.69, 9.17) is 4.42 Å². The molecule has 3 aromatic heterocycles. The molecule has 3 nitrogen and oxygen atoms in total. The van der Waals surface area contributed by atoms with Crippen LogP contribution in [0.5, 0.6) is 0 Å². The standard InChI is InChI=1S/C54H34N2OS/c1-4-15-35(16-5-1)37-27-29-41-42-30-28-39(34-50(42)57-49(41)33-37)56(47-25-14-24-46-52(47)43-21-10-12-23-45(43)55(46)38-19-8-3-9-20-38)48-32-31-40(36-17-6-2-7-18-36)54-53(48)44-22-11-13-26-51(44)58-54/h1-34H. The molecule has 0 N–H and O–H groups in total. The number of hydrogen-bond donors (Lipinski definition) is 0. The topological polar surface area (TPSA) is 21.3 Å². The van der Waals surface area contributed by atoms with E-state index < -0.39 is 0 Å². The van der Waals surface area contributed by atoms with Gasteiger partial charge in [0, 0.05) is 59.2 Å². The monoisotopic (exact) mass is 758 g/mol. The molecule has 12 rings (SSSR count). The molecule has 272 valence electrons. The van der Waals surface area contributed by atoms with Crippen LogP contribution >= 0.6 is 11.3 Å². The van der Waals surface area contributed by atoms with Gasteiger partial charge in [-0.15, -0.1) is 11.3 Å². The molecule has 0 radical (unpaired) electrons. The fourth-order valence-electron chi connectivity index (χ4n) is 9.01. The molecule has 0 amide bonds. The van der Waals surface area contributed by atoms with Gasteiger partial charge >= 0.3 is 0 Å². The Morgan fingerprint density at radius 2 is 1.05 bits per heavy atom. The Morgan fingerprint density at radius 3 is 1.86 bits per heavy atom. The summed E-state index contributed by atoms with van der Waals surface area (Å²) in [7, 11) is 0. The average Bonchev–Trinajstić information content (AvgIpc) is 3.97. The second kappa shape index (κ2) is 13.1. The van der Waals surface area contributed by atoms with Gasteiger partial charge in [0.05, 0.1) is 22.4 Å². The number of fused-ring (bicyclic) bond motifs is 9. The quantitative estimate of drug-likeness (QED) is 0.168.